The van der Waals surface area contributed by atoms with E-state index in [4.69, 9.17) is 20.8 Å². The number of amidine groups is 1. The second-order valence-electron chi connectivity index (χ2n) is 3.98. The second-order valence-corrected chi connectivity index (χ2v) is 3.98. The van der Waals surface area contributed by atoms with E-state index in [1.165, 1.54) is 12.0 Å². The van der Waals surface area contributed by atoms with Gasteiger partial charge in [-0.2, -0.15) is 0 Å². The molecular formula is C12H17F2N3O3. The monoisotopic (exact) mass is 289 g/mol. The van der Waals surface area contributed by atoms with Crippen molar-refractivity contribution in [1.29, 1.82) is 0 Å². The number of hydrogen-bond acceptors (Lipinski definition) is 5. The van der Waals surface area contributed by atoms with Crippen molar-refractivity contribution in [2.75, 3.05) is 38.3 Å². The Morgan fingerprint density at radius 1 is 1.35 bits per heavy atom. The van der Waals surface area contributed by atoms with Gasteiger partial charge in [0.15, 0.2) is 5.84 Å². The zero-order valence-corrected chi connectivity index (χ0v) is 11.0. The van der Waals surface area contributed by atoms with E-state index in [9.17, 15) is 8.78 Å². The van der Waals surface area contributed by atoms with Crippen molar-refractivity contribution >= 4 is 11.5 Å². The lowest BCUT2D eigenvalue weighted by Crippen LogP contribution is -2.32. The normalized spacial score (nSPS) is 11.7. The molecule has 0 bridgehead atoms. The average molecular weight is 289 g/mol. The lowest BCUT2D eigenvalue weighted by atomic mass is 10.1. The van der Waals surface area contributed by atoms with Crippen molar-refractivity contribution in [3.8, 4) is 0 Å². The van der Waals surface area contributed by atoms with E-state index in [0.29, 0.717) is 0 Å². The highest BCUT2D eigenvalue weighted by Gasteiger charge is 2.18. The van der Waals surface area contributed by atoms with Gasteiger partial charge in [-0.15, -0.1) is 0 Å². The molecule has 0 aliphatic carbocycles. The first-order valence-electron chi connectivity index (χ1n) is 5.86. The number of aliphatic hydroxyl groups is 1. The summed E-state index contributed by atoms with van der Waals surface area (Å²) in [6, 6.07) is 1.93. The average Bonchev–Trinajstić information content (AvgIpc) is 2.42. The summed E-state index contributed by atoms with van der Waals surface area (Å²) in [6.45, 7) is 0.263. The Morgan fingerprint density at radius 3 is 2.40 bits per heavy atom. The summed E-state index contributed by atoms with van der Waals surface area (Å²) < 4.78 is 32.9. The third-order valence-electron chi connectivity index (χ3n) is 2.67. The molecule has 0 aromatic heterocycles. The maximum absolute atomic E-state index is 14.0. The van der Waals surface area contributed by atoms with Gasteiger partial charge in [-0.1, -0.05) is 5.16 Å². The van der Waals surface area contributed by atoms with Crippen molar-refractivity contribution < 1.29 is 23.8 Å². The third-order valence-corrected chi connectivity index (χ3v) is 2.67. The molecule has 0 saturated heterocycles. The lowest BCUT2D eigenvalue weighted by molar-refractivity contribution is 0.202. The minimum absolute atomic E-state index is 0.0557. The second kappa shape index (κ2) is 7.61. The molecule has 0 spiro atoms. The Balaban J connectivity index is 3.15. The fourth-order valence-electron chi connectivity index (χ4n) is 1.73. The van der Waals surface area contributed by atoms with Gasteiger partial charge in [-0.05, 0) is 12.1 Å². The first-order chi connectivity index (χ1) is 9.54. The number of ether oxygens (including phenoxy) is 1. The summed E-state index contributed by atoms with van der Waals surface area (Å²) in [5, 5.41) is 20.2. The zero-order valence-electron chi connectivity index (χ0n) is 11.0. The van der Waals surface area contributed by atoms with Gasteiger partial charge >= 0.3 is 0 Å². The van der Waals surface area contributed by atoms with Crippen molar-refractivity contribution in [2.24, 2.45) is 10.9 Å². The Labute approximate surface area is 115 Å². The van der Waals surface area contributed by atoms with Crippen LogP contribution in [-0.4, -0.2) is 49.6 Å². The number of hydrogen-bond donors (Lipinski definition) is 3. The predicted molar refractivity (Wildman–Crippen MR) is 70.0 cm³/mol. The van der Waals surface area contributed by atoms with Crippen LogP contribution in [0.4, 0.5) is 14.5 Å². The molecule has 4 N–H and O–H groups in total. The molecule has 112 valence electrons. The molecule has 0 saturated carbocycles. The number of benzene rings is 1. The van der Waals surface area contributed by atoms with Gasteiger partial charge in [0, 0.05) is 25.8 Å². The largest absolute Gasteiger partial charge is 0.409 e. The van der Waals surface area contributed by atoms with Gasteiger partial charge in [0.1, 0.15) is 17.3 Å². The van der Waals surface area contributed by atoms with Crippen LogP contribution in [0.2, 0.25) is 0 Å². The number of rotatable bonds is 7. The highest BCUT2D eigenvalue weighted by Crippen LogP contribution is 2.25. The molecular weight excluding hydrogens is 272 g/mol. The predicted octanol–water partition coefficient (Wildman–Crippen LogP) is 0.504. The van der Waals surface area contributed by atoms with Crippen LogP contribution in [0.5, 0.6) is 0 Å². The highest BCUT2D eigenvalue weighted by molar-refractivity contribution is 5.97. The summed E-state index contributed by atoms with van der Waals surface area (Å²) >= 11 is 0. The van der Waals surface area contributed by atoms with Crippen LogP contribution < -0.4 is 10.6 Å². The van der Waals surface area contributed by atoms with Crippen LogP contribution in [0.25, 0.3) is 0 Å². The van der Waals surface area contributed by atoms with Crippen LogP contribution >= 0.6 is 0 Å². The highest BCUT2D eigenvalue weighted by atomic mass is 19.1. The standard InChI is InChI=1S/C12H17F2N3O3/c1-20-5-3-17(2-4-18)11-9(13)6-8(7-10(11)14)12(15)16-19/h6-7,18-19H,2-5H2,1H3,(H2,15,16). The van der Waals surface area contributed by atoms with Gasteiger partial charge in [0.25, 0.3) is 0 Å². The molecule has 1 aromatic rings. The van der Waals surface area contributed by atoms with E-state index < -0.39 is 11.6 Å². The molecule has 8 heteroatoms. The smallest absolute Gasteiger partial charge is 0.170 e. The van der Waals surface area contributed by atoms with Crippen LogP contribution in [-0.2, 0) is 4.74 Å². The van der Waals surface area contributed by atoms with E-state index in [2.05, 4.69) is 5.16 Å². The molecule has 0 atom stereocenters. The first-order valence-corrected chi connectivity index (χ1v) is 5.86. The van der Waals surface area contributed by atoms with Crippen LogP contribution in [0, 0.1) is 11.6 Å². The topological polar surface area (TPSA) is 91.3 Å². The summed E-state index contributed by atoms with van der Waals surface area (Å²) in [4.78, 5) is 1.32. The fraction of sp³-hybridized carbons (Fsp3) is 0.417. The molecule has 0 unspecified atom stereocenters. The molecule has 0 heterocycles. The summed E-state index contributed by atoms with van der Waals surface area (Å²) in [5.74, 6) is -2.12. The number of anilines is 1. The molecule has 20 heavy (non-hydrogen) atoms. The molecule has 0 amide bonds. The van der Waals surface area contributed by atoms with Gasteiger partial charge < -0.3 is 25.7 Å². The first kappa shape index (κ1) is 16.1. The minimum Gasteiger partial charge on any atom is -0.409 e. The zero-order chi connectivity index (χ0) is 15.1. The van der Waals surface area contributed by atoms with Gasteiger partial charge in [-0.25, -0.2) is 8.78 Å². The Hall–Kier alpha value is -1.93. The van der Waals surface area contributed by atoms with Crippen molar-refractivity contribution in [3.05, 3.63) is 29.3 Å². The molecule has 6 nitrogen and oxygen atoms in total. The Bertz CT molecular complexity index is 460. The molecule has 0 aliphatic rings. The maximum Gasteiger partial charge on any atom is 0.170 e. The molecule has 1 aromatic carbocycles. The van der Waals surface area contributed by atoms with E-state index in [1.807, 2.05) is 0 Å². The van der Waals surface area contributed by atoms with E-state index in [0.717, 1.165) is 12.1 Å². The van der Waals surface area contributed by atoms with E-state index >= 15 is 0 Å². The minimum atomic E-state index is -0.865. The summed E-state index contributed by atoms with van der Waals surface area (Å²) in [7, 11) is 1.46. The van der Waals surface area contributed by atoms with Crippen LogP contribution in [0.3, 0.4) is 0 Å². The van der Waals surface area contributed by atoms with Gasteiger partial charge in [0.05, 0.1) is 13.2 Å². The number of aliphatic hydroxyl groups excluding tert-OH is 1. The Kier molecular flexibility index (Phi) is 6.13. The number of nitrogens with two attached hydrogens (primary N) is 1. The molecule has 0 radical (unpaired) electrons. The number of oxime groups is 1. The van der Waals surface area contributed by atoms with Crippen molar-refractivity contribution in [3.63, 3.8) is 0 Å². The van der Waals surface area contributed by atoms with Gasteiger partial charge in [-0.3, -0.25) is 0 Å². The maximum atomic E-state index is 14.0. The van der Waals surface area contributed by atoms with Gasteiger partial charge in [0.2, 0.25) is 0 Å². The number of methoxy groups -OCH3 is 1. The summed E-state index contributed by atoms with van der Waals surface area (Å²) in [6.07, 6.45) is 0. The van der Waals surface area contributed by atoms with Crippen molar-refractivity contribution in [2.45, 2.75) is 0 Å². The SMILES string of the molecule is COCCN(CCO)c1c(F)cc(C(N)=NO)cc1F. The Morgan fingerprint density at radius 2 is 1.95 bits per heavy atom. The molecule has 0 fully saturated rings. The van der Waals surface area contributed by atoms with Crippen molar-refractivity contribution in [1.82, 2.24) is 0 Å². The van der Waals surface area contributed by atoms with Crippen LogP contribution in [0.15, 0.2) is 17.3 Å². The molecule has 0 aliphatic heterocycles. The van der Waals surface area contributed by atoms with E-state index in [-0.39, 0.29) is 43.4 Å². The summed E-state index contributed by atoms with van der Waals surface area (Å²) in [5.41, 5.74) is 4.94. The fourth-order valence-corrected chi connectivity index (χ4v) is 1.73. The molecule has 1 rings (SSSR count). The quantitative estimate of drug-likeness (QED) is 0.294. The number of halogens is 2. The van der Waals surface area contributed by atoms with Crippen LogP contribution in [0.1, 0.15) is 5.56 Å². The lowest BCUT2D eigenvalue weighted by Gasteiger charge is -2.24. The van der Waals surface area contributed by atoms with E-state index in [1.54, 1.807) is 0 Å². The number of nitrogens with zero attached hydrogens (tertiary/aromatic N) is 2. The third kappa shape index (κ3) is 3.78.